The molecule has 0 bridgehead atoms. The molecule has 3 N–H and O–H groups in total. The number of nitrogens with two attached hydrogens (primary N) is 1. The van der Waals surface area contributed by atoms with Crippen LogP contribution in [0.15, 0.2) is 30.6 Å². The molecule has 1 amide bonds. The van der Waals surface area contributed by atoms with Gasteiger partial charge in [0.2, 0.25) is 0 Å². The van der Waals surface area contributed by atoms with E-state index in [2.05, 4.69) is 10.7 Å². The maximum Gasteiger partial charge on any atom is 0.402 e. The maximum atomic E-state index is 10.4. The molecule has 1 aromatic rings. The topological polar surface area (TPSA) is 106 Å². The van der Waals surface area contributed by atoms with E-state index >= 15 is 0 Å². The Hall–Kier alpha value is -2.15. The molecule has 7 heteroatoms. The fourth-order valence-corrected chi connectivity index (χ4v) is 0.653. The minimum absolute atomic E-state index is 0.137. The molecule has 1 aliphatic heterocycles. The number of carboxylic acid groups (broad SMARTS) is 1. The second-order valence-electron chi connectivity index (χ2n) is 3.11. The Kier molecular flexibility index (Phi) is 8.83. The Labute approximate surface area is 105 Å². The molecule has 0 atom stereocenters. The first kappa shape index (κ1) is 15.9. The SMILES string of the molecule is CCC(=O)ON1CC1.NC(=O)O.c1ccncc1. The summed E-state index contributed by atoms with van der Waals surface area (Å²) >= 11 is 0. The number of rotatable bonds is 2. The number of nitrogens with zero attached hydrogens (tertiary/aromatic N) is 2. The molecule has 7 nitrogen and oxygen atoms in total. The van der Waals surface area contributed by atoms with Crippen LogP contribution in [0.25, 0.3) is 0 Å². The van der Waals surface area contributed by atoms with Gasteiger partial charge < -0.3 is 15.7 Å². The fraction of sp³-hybridized carbons (Fsp3) is 0.364. The van der Waals surface area contributed by atoms with E-state index in [1.807, 2.05) is 18.2 Å². The largest absolute Gasteiger partial charge is 0.465 e. The lowest BCUT2D eigenvalue weighted by molar-refractivity contribution is -0.165. The average molecular weight is 255 g/mol. The van der Waals surface area contributed by atoms with Crippen LogP contribution in [0, 0.1) is 0 Å². The van der Waals surface area contributed by atoms with Gasteiger partial charge in [-0.25, -0.2) is 4.79 Å². The number of pyridine rings is 1. The number of carbonyl (C=O) groups is 2. The number of hydrogen-bond acceptors (Lipinski definition) is 5. The molecule has 1 aromatic heterocycles. The van der Waals surface area contributed by atoms with Crippen LogP contribution in [0.5, 0.6) is 0 Å². The van der Waals surface area contributed by atoms with Crippen LogP contribution >= 0.6 is 0 Å². The van der Waals surface area contributed by atoms with Crippen LogP contribution < -0.4 is 5.73 Å². The number of hydrogen-bond donors (Lipinski definition) is 2. The Morgan fingerprint density at radius 1 is 1.33 bits per heavy atom. The third-order valence-corrected chi connectivity index (χ3v) is 1.49. The molecule has 1 fully saturated rings. The van der Waals surface area contributed by atoms with Crippen molar-refractivity contribution in [1.82, 2.24) is 10.0 Å². The van der Waals surface area contributed by atoms with E-state index in [0.29, 0.717) is 6.42 Å². The zero-order valence-electron chi connectivity index (χ0n) is 10.2. The lowest BCUT2D eigenvalue weighted by atomic mass is 10.5. The summed E-state index contributed by atoms with van der Waals surface area (Å²) < 4.78 is 0. The van der Waals surface area contributed by atoms with E-state index in [1.54, 1.807) is 24.4 Å². The lowest BCUT2D eigenvalue weighted by Crippen LogP contribution is -2.07. The molecular weight excluding hydrogens is 238 g/mol. The monoisotopic (exact) mass is 255 g/mol. The van der Waals surface area contributed by atoms with Crippen molar-refractivity contribution >= 4 is 12.1 Å². The van der Waals surface area contributed by atoms with Crippen LogP contribution in [0.3, 0.4) is 0 Å². The molecule has 2 rings (SSSR count). The lowest BCUT2D eigenvalue weighted by Gasteiger charge is -1.97. The van der Waals surface area contributed by atoms with E-state index in [-0.39, 0.29) is 5.97 Å². The normalized spacial score (nSPS) is 12.1. The molecule has 2 heterocycles. The highest BCUT2D eigenvalue weighted by Crippen LogP contribution is 2.04. The van der Waals surface area contributed by atoms with Crippen molar-refractivity contribution in [3.8, 4) is 0 Å². The molecule has 0 radical (unpaired) electrons. The van der Waals surface area contributed by atoms with Crippen molar-refractivity contribution in [3.05, 3.63) is 30.6 Å². The van der Waals surface area contributed by atoms with Gasteiger partial charge in [-0.3, -0.25) is 9.78 Å². The summed E-state index contributed by atoms with van der Waals surface area (Å²) in [6.07, 6.45) is 2.64. The molecule has 0 unspecified atom stereocenters. The summed E-state index contributed by atoms with van der Waals surface area (Å²) in [4.78, 5) is 27.7. The van der Waals surface area contributed by atoms with Gasteiger partial charge in [-0.1, -0.05) is 13.0 Å². The molecule has 0 spiro atoms. The van der Waals surface area contributed by atoms with E-state index in [1.165, 1.54) is 0 Å². The molecule has 1 aliphatic rings. The first-order valence-corrected chi connectivity index (χ1v) is 5.35. The number of hydroxylamine groups is 2. The van der Waals surface area contributed by atoms with Gasteiger partial charge in [-0.05, 0) is 12.1 Å². The first-order valence-electron chi connectivity index (χ1n) is 5.35. The summed E-state index contributed by atoms with van der Waals surface area (Å²) in [5, 5.41) is 8.83. The van der Waals surface area contributed by atoms with Gasteiger partial charge in [-0.15, -0.1) is 5.06 Å². The number of primary amides is 1. The minimum Gasteiger partial charge on any atom is -0.465 e. The molecular formula is C11H17N3O4. The Morgan fingerprint density at radius 2 is 1.83 bits per heavy atom. The molecule has 0 aliphatic carbocycles. The van der Waals surface area contributed by atoms with Crippen LogP contribution in [0.2, 0.25) is 0 Å². The number of carbonyl (C=O) groups excluding carboxylic acids is 1. The predicted molar refractivity (Wildman–Crippen MR) is 64.4 cm³/mol. The van der Waals surface area contributed by atoms with Crippen LogP contribution in [0.1, 0.15) is 13.3 Å². The van der Waals surface area contributed by atoms with Crippen LogP contribution in [0.4, 0.5) is 4.79 Å². The van der Waals surface area contributed by atoms with Gasteiger partial charge in [0.15, 0.2) is 0 Å². The zero-order chi connectivity index (χ0) is 13.8. The second-order valence-corrected chi connectivity index (χ2v) is 3.11. The molecule has 0 aromatic carbocycles. The first-order chi connectivity index (χ1) is 8.56. The summed E-state index contributed by atoms with van der Waals surface area (Å²) in [7, 11) is 0. The van der Waals surface area contributed by atoms with Gasteiger partial charge in [0.1, 0.15) is 0 Å². The third kappa shape index (κ3) is 13.8. The summed E-state index contributed by atoms with van der Waals surface area (Å²) in [5.74, 6) is -0.137. The Balaban J connectivity index is 0.000000257. The van der Waals surface area contributed by atoms with Gasteiger partial charge in [0.25, 0.3) is 0 Å². The van der Waals surface area contributed by atoms with E-state index in [9.17, 15) is 4.79 Å². The van der Waals surface area contributed by atoms with Gasteiger partial charge in [0, 0.05) is 18.8 Å². The highest BCUT2D eigenvalue weighted by Gasteiger charge is 2.21. The Bertz CT molecular complexity index is 311. The van der Waals surface area contributed by atoms with E-state index in [0.717, 1.165) is 13.1 Å². The molecule has 0 saturated carbocycles. The number of amides is 1. The second kappa shape index (κ2) is 10.0. The molecule has 100 valence electrons. The minimum atomic E-state index is -1.33. The zero-order valence-corrected chi connectivity index (χ0v) is 10.2. The maximum absolute atomic E-state index is 10.4. The van der Waals surface area contributed by atoms with Crippen molar-refractivity contribution in [2.45, 2.75) is 13.3 Å². The Morgan fingerprint density at radius 3 is 2.06 bits per heavy atom. The van der Waals surface area contributed by atoms with Crippen molar-refractivity contribution in [3.63, 3.8) is 0 Å². The molecule has 1 saturated heterocycles. The number of aromatic nitrogens is 1. The standard InChI is InChI=1S/C5H9NO2.C5H5N.CH3NO2/c1-2-5(7)8-6-3-4-6;1-2-4-6-5-3-1;2-1(3)4/h2-4H2,1H3;1-5H;2H2,(H,3,4). The molecule has 18 heavy (non-hydrogen) atoms. The summed E-state index contributed by atoms with van der Waals surface area (Å²) in [6, 6.07) is 5.72. The van der Waals surface area contributed by atoms with Crippen molar-refractivity contribution in [1.29, 1.82) is 0 Å². The predicted octanol–water partition coefficient (Wildman–Crippen LogP) is 0.875. The van der Waals surface area contributed by atoms with Crippen molar-refractivity contribution in [2.24, 2.45) is 5.73 Å². The van der Waals surface area contributed by atoms with Gasteiger partial charge >= 0.3 is 12.1 Å². The van der Waals surface area contributed by atoms with Crippen molar-refractivity contribution in [2.75, 3.05) is 13.1 Å². The fourth-order valence-electron chi connectivity index (χ4n) is 0.653. The highest BCUT2D eigenvalue weighted by atomic mass is 16.7. The average Bonchev–Trinajstić information content (AvgIpc) is 3.15. The van der Waals surface area contributed by atoms with E-state index < -0.39 is 6.09 Å². The van der Waals surface area contributed by atoms with Crippen LogP contribution in [-0.2, 0) is 9.63 Å². The van der Waals surface area contributed by atoms with Gasteiger partial charge in [-0.2, -0.15) is 0 Å². The summed E-state index contributed by atoms with van der Waals surface area (Å²) in [6.45, 7) is 3.60. The summed E-state index contributed by atoms with van der Waals surface area (Å²) in [5.41, 5.74) is 4.03. The smallest absolute Gasteiger partial charge is 0.402 e. The van der Waals surface area contributed by atoms with Crippen LogP contribution in [-0.4, -0.2) is 40.3 Å². The van der Waals surface area contributed by atoms with Crippen molar-refractivity contribution < 1.29 is 19.5 Å². The highest BCUT2D eigenvalue weighted by molar-refractivity contribution is 5.68. The van der Waals surface area contributed by atoms with E-state index in [4.69, 9.17) is 14.7 Å². The third-order valence-electron chi connectivity index (χ3n) is 1.49. The quantitative estimate of drug-likeness (QED) is 0.760. The van der Waals surface area contributed by atoms with Gasteiger partial charge in [0.05, 0.1) is 13.1 Å².